The van der Waals surface area contributed by atoms with E-state index in [4.69, 9.17) is 9.47 Å². The quantitative estimate of drug-likeness (QED) is 0.662. The van der Waals surface area contributed by atoms with Crippen LogP contribution in [0.15, 0.2) is 18.2 Å². The fourth-order valence-corrected chi connectivity index (χ4v) is 0.904. The van der Waals surface area contributed by atoms with Crippen molar-refractivity contribution in [3.8, 4) is 5.75 Å². The predicted molar refractivity (Wildman–Crippen MR) is 47.8 cm³/mol. The van der Waals surface area contributed by atoms with Crippen LogP contribution in [-0.4, -0.2) is 19.7 Å². The van der Waals surface area contributed by atoms with Gasteiger partial charge >= 0.3 is 5.97 Å². The van der Waals surface area contributed by atoms with Crippen molar-refractivity contribution < 1.29 is 14.3 Å². The van der Waals surface area contributed by atoms with E-state index in [2.05, 4.69) is 6.07 Å². The number of rotatable bonds is 3. The van der Waals surface area contributed by atoms with Gasteiger partial charge in [0.05, 0.1) is 19.3 Å². The van der Waals surface area contributed by atoms with E-state index in [0.717, 1.165) is 0 Å². The number of hydrogen-bond donors (Lipinski definition) is 0. The second kappa shape index (κ2) is 4.50. The second-order valence-electron chi connectivity index (χ2n) is 2.37. The Labute approximate surface area is 77.3 Å². The van der Waals surface area contributed by atoms with Crippen molar-refractivity contribution in [1.29, 1.82) is 0 Å². The standard InChI is InChI=1S/C10H11O3/c1-3-13-10(11)8-5-4-6-9(7-8)12-2/h4-5,7H,3H2,1-2H3. The molecule has 1 aromatic rings. The van der Waals surface area contributed by atoms with E-state index in [0.29, 0.717) is 17.9 Å². The predicted octanol–water partition coefficient (Wildman–Crippen LogP) is 1.67. The molecule has 0 aliphatic heterocycles. The lowest BCUT2D eigenvalue weighted by Gasteiger charge is -2.03. The normalized spacial score (nSPS) is 9.38. The van der Waals surface area contributed by atoms with Gasteiger partial charge < -0.3 is 9.47 Å². The van der Waals surface area contributed by atoms with E-state index in [9.17, 15) is 4.79 Å². The topological polar surface area (TPSA) is 35.5 Å². The van der Waals surface area contributed by atoms with Crippen LogP contribution in [0.25, 0.3) is 0 Å². The molecule has 0 aliphatic rings. The summed E-state index contributed by atoms with van der Waals surface area (Å²) in [7, 11) is 1.53. The Kier molecular flexibility index (Phi) is 3.31. The number of ether oxygens (including phenoxy) is 2. The van der Waals surface area contributed by atoms with Crippen molar-refractivity contribution in [2.45, 2.75) is 6.92 Å². The van der Waals surface area contributed by atoms with Crippen molar-refractivity contribution >= 4 is 5.97 Å². The van der Waals surface area contributed by atoms with Crippen LogP contribution < -0.4 is 4.74 Å². The first-order chi connectivity index (χ1) is 6.27. The van der Waals surface area contributed by atoms with Crippen molar-refractivity contribution in [2.75, 3.05) is 13.7 Å². The van der Waals surface area contributed by atoms with Gasteiger partial charge in [0.25, 0.3) is 0 Å². The molecule has 0 heterocycles. The van der Waals surface area contributed by atoms with E-state index in [-0.39, 0.29) is 5.97 Å². The molecule has 1 radical (unpaired) electrons. The Bertz CT molecular complexity index is 294. The molecule has 1 aromatic carbocycles. The van der Waals surface area contributed by atoms with Gasteiger partial charge in [-0.2, -0.15) is 0 Å². The highest BCUT2D eigenvalue weighted by Crippen LogP contribution is 2.12. The molecular formula is C10H11O3. The Hall–Kier alpha value is -1.51. The molecule has 0 atom stereocenters. The van der Waals surface area contributed by atoms with Gasteiger partial charge in [-0.05, 0) is 25.1 Å². The maximum atomic E-state index is 11.2. The van der Waals surface area contributed by atoms with E-state index in [1.807, 2.05) is 0 Å². The zero-order valence-electron chi connectivity index (χ0n) is 7.66. The summed E-state index contributed by atoms with van der Waals surface area (Å²) in [4.78, 5) is 11.2. The second-order valence-corrected chi connectivity index (χ2v) is 2.37. The van der Waals surface area contributed by atoms with Gasteiger partial charge in [-0.15, -0.1) is 0 Å². The minimum Gasteiger partial charge on any atom is -0.496 e. The van der Waals surface area contributed by atoms with Crippen molar-refractivity contribution in [3.63, 3.8) is 0 Å². The fraction of sp³-hybridized carbons (Fsp3) is 0.300. The van der Waals surface area contributed by atoms with Crippen LogP contribution in [0.3, 0.4) is 0 Å². The Morgan fingerprint density at radius 3 is 3.00 bits per heavy atom. The summed E-state index contributed by atoms with van der Waals surface area (Å²) in [5.41, 5.74) is 0.484. The molecule has 0 amide bonds. The van der Waals surface area contributed by atoms with E-state index < -0.39 is 0 Å². The van der Waals surface area contributed by atoms with Crippen LogP contribution in [0.5, 0.6) is 5.75 Å². The van der Waals surface area contributed by atoms with Crippen LogP contribution in [0.1, 0.15) is 17.3 Å². The van der Waals surface area contributed by atoms with Crippen molar-refractivity contribution in [3.05, 3.63) is 29.8 Å². The Morgan fingerprint density at radius 1 is 1.62 bits per heavy atom. The highest BCUT2D eigenvalue weighted by atomic mass is 16.5. The third kappa shape index (κ3) is 2.47. The molecular weight excluding hydrogens is 168 g/mol. The van der Waals surface area contributed by atoms with Gasteiger partial charge in [-0.25, -0.2) is 4.79 Å². The largest absolute Gasteiger partial charge is 0.496 e. The average molecular weight is 179 g/mol. The Balaban J connectivity index is 2.82. The third-order valence-corrected chi connectivity index (χ3v) is 1.51. The maximum absolute atomic E-state index is 11.2. The summed E-state index contributed by atoms with van der Waals surface area (Å²) in [5, 5.41) is 0. The summed E-state index contributed by atoms with van der Waals surface area (Å²) in [6.45, 7) is 2.14. The van der Waals surface area contributed by atoms with E-state index in [1.54, 1.807) is 25.1 Å². The van der Waals surface area contributed by atoms with Crippen LogP contribution in [0, 0.1) is 6.07 Å². The van der Waals surface area contributed by atoms with Gasteiger partial charge in [0.2, 0.25) is 0 Å². The zero-order valence-corrected chi connectivity index (χ0v) is 7.66. The number of methoxy groups -OCH3 is 1. The molecule has 3 nitrogen and oxygen atoms in total. The van der Waals surface area contributed by atoms with Gasteiger partial charge in [-0.3, -0.25) is 0 Å². The lowest BCUT2D eigenvalue weighted by Crippen LogP contribution is -2.04. The number of benzene rings is 1. The van der Waals surface area contributed by atoms with Crippen LogP contribution >= 0.6 is 0 Å². The molecule has 0 spiro atoms. The summed E-state index contributed by atoms with van der Waals surface area (Å²) in [6, 6.07) is 7.69. The summed E-state index contributed by atoms with van der Waals surface area (Å²) in [6.07, 6.45) is 0. The van der Waals surface area contributed by atoms with Crippen LogP contribution in [-0.2, 0) is 4.74 Å². The maximum Gasteiger partial charge on any atom is 0.338 e. The molecule has 0 bridgehead atoms. The number of carbonyl (C=O) groups excluding carboxylic acids is 1. The summed E-state index contributed by atoms with van der Waals surface area (Å²) < 4.78 is 9.74. The molecule has 0 N–H and O–H groups in total. The lowest BCUT2D eigenvalue weighted by molar-refractivity contribution is 0.0526. The third-order valence-electron chi connectivity index (χ3n) is 1.51. The van der Waals surface area contributed by atoms with Crippen molar-refractivity contribution in [1.82, 2.24) is 0 Å². The number of carbonyl (C=O) groups is 1. The van der Waals surface area contributed by atoms with E-state index >= 15 is 0 Å². The van der Waals surface area contributed by atoms with Gasteiger partial charge in [0.15, 0.2) is 0 Å². The fourth-order valence-electron chi connectivity index (χ4n) is 0.904. The number of esters is 1. The highest BCUT2D eigenvalue weighted by Gasteiger charge is 2.06. The van der Waals surface area contributed by atoms with Crippen LogP contribution in [0.4, 0.5) is 0 Å². The summed E-state index contributed by atoms with van der Waals surface area (Å²) >= 11 is 0. The first kappa shape index (κ1) is 9.58. The van der Waals surface area contributed by atoms with Gasteiger partial charge in [0, 0.05) is 6.07 Å². The molecule has 0 aliphatic carbocycles. The molecule has 13 heavy (non-hydrogen) atoms. The molecule has 0 fully saturated rings. The van der Waals surface area contributed by atoms with Crippen molar-refractivity contribution in [2.24, 2.45) is 0 Å². The first-order valence-corrected chi connectivity index (χ1v) is 4.00. The Morgan fingerprint density at radius 2 is 2.38 bits per heavy atom. The molecule has 0 unspecified atom stereocenters. The zero-order chi connectivity index (χ0) is 9.68. The van der Waals surface area contributed by atoms with Gasteiger partial charge in [-0.1, -0.05) is 0 Å². The van der Waals surface area contributed by atoms with Crippen LogP contribution in [0.2, 0.25) is 0 Å². The minimum atomic E-state index is -0.338. The van der Waals surface area contributed by atoms with Gasteiger partial charge in [0.1, 0.15) is 5.75 Å². The smallest absolute Gasteiger partial charge is 0.338 e. The molecule has 0 saturated heterocycles. The molecule has 69 valence electrons. The summed E-state index contributed by atoms with van der Waals surface area (Å²) in [5.74, 6) is 0.195. The molecule has 3 heteroatoms. The lowest BCUT2D eigenvalue weighted by atomic mass is 10.2. The molecule has 0 aromatic heterocycles. The number of hydrogen-bond acceptors (Lipinski definition) is 3. The first-order valence-electron chi connectivity index (χ1n) is 4.00. The molecule has 1 rings (SSSR count). The highest BCUT2D eigenvalue weighted by molar-refractivity contribution is 5.89. The van der Waals surface area contributed by atoms with E-state index in [1.165, 1.54) is 7.11 Å². The minimum absolute atomic E-state index is 0.338. The molecule has 0 saturated carbocycles. The SMILES string of the molecule is CCOC(=O)c1cc[c]c(OC)c1. The average Bonchev–Trinajstić information content (AvgIpc) is 2.18. The monoisotopic (exact) mass is 179 g/mol.